The fourth-order valence-electron chi connectivity index (χ4n) is 0.833. The third-order valence-electron chi connectivity index (χ3n) is 1.31. The Hall–Kier alpha value is -0.0800. The first kappa shape index (κ1) is 8.92. The standard InChI is InChI=1S/C7H19N2/c1-5-7(8)6-9(2,3)4/h7H,5-6,8H2,1-4H3/q+1. The molecular weight excluding hydrogens is 112 g/mol. The lowest BCUT2D eigenvalue weighted by Gasteiger charge is -2.26. The van der Waals surface area contributed by atoms with E-state index in [0.29, 0.717) is 6.04 Å². The van der Waals surface area contributed by atoms with Crippen LogP contribution in [-0.4, -0.2) is 38.2 Å². The summed E-state index contributed by atoms with van der Waals surface area (Å²) in [6.45, 7) is 3.19. The maximum absolute atomic E-state index is 5.74. The van der Waals surface area contributed by atoms with E-state index in [1.165, 1.54) is 0 Å². The number of hydrogen-bond donors (Lipinski definition) is 1. The summed E-state index contributed by atoms with van der Waals surface area (Å²) in [7, 11) is 6.49. The van der Waals surface area contributed by atoms with Crippen LogP contribution in [0.15, 0.2) is 0 Å². The Bertz CT molecular complexity index is 73.5. The van der Waals surface area contributed by atoms with Gasteiger partial charge in [0.15, 0.2) is 0 Å². The SMILES string of the molecule is CCC(N)C[N+](C)(C)C. The number of quaternary nitrogens is 1. The molecule has 0 saturated heterocycles. The number of nitrogens with two attached hydrogens (primary N) is 1. The van der Waals surface area contributed by atoms with Crippen LogP contribution >= 0.6 is 0 Å². The van der Waals surface area contributed by atoms with Gasteiger partial charge in [-0.05, 0) is 6.42 Å². The molecule has 0 rings (SSSR count). The molecule has 0 spiro atoms. The Morgan fingerprint density at radius 2 is 1.78 bits per heavy atom. The van der Waals surface area contributed by atoms with Crippen molar-refractivity contribution in [2.75, 3.05) is 27.7 Å². The average Bonchev–Trinajstić information content (AvgIpc) is 1.62. The Kier molecular flexibility index (Phi) is 3.15. The van der Waals surface area contributed by atoms with E-state index in [1.807, 2.05) is 0 Å². The van der Waals surface area contributed by atoms with Crippen LogP contribution in [0.1, 0.15) is 13.3 Å². The minimum Gasteiger partial charge on any atom is -0.330 e. The second kappa shape index (κ2) is 3.18. The third-order valence-corrected chi connectivity index (χ3v) is 1.31. The molecule has 0 amide bonds. The monoisotopic (exact) mass is 131 g/mol. The summed E-state index contributed by atoms with van der Waals surface area (Å²) in [4.78, 5) is 0. The summed E-state index contributed by atoms with van der Waals surface area (Å²) < 4.78 is 0.967. The van der Waals surface area contributed by atoms with Crippen molar-refractivity contribution in [3.8, 4) is 0 Å². The van der Waals surface area contributed by atoms with Crippen molar-refractivity contribution in [3.63, 3.8) is 0 Å². The van der Waals surface area contributed by atoms with Crippen LogP contribution in [0.25, 0.3) is 0 Å². The maximum atomic E-state index is 5.74. The van der Waals surface area contributed by atoms with Crippen LogP contribution in [0.3, 0.4) is 0 Å². The molecule has 0 heterocycles. The van der Waals surface area contributed by atoms with E-state index in [9.17, 15) is 0 Å². The fraction of sp³-hybridized carbons (Fsp3) is 1.00. The summed E-state index contributed by atoms with van der Waals surface area (Å²) in [5.74, 6) is 0. The van der Waals surface area contributed by atoms with E-state index in [1.54, 1.807) is 0 Å². The molecule has 0 aromatic rings. The van der Waals surface area contributed by atoms with Crippen molar-refractivity contribution in [1.82, 2.24) is 0 Å². The summed E-state index contributed by atoms with van der Waals surface area (Å²) in [6, 6.07) is 0.366. The minimum atomic E-state index is 0.366. The minimum absolute atomic E-state index is 0.366. The summed E-state index contributed by atoms with van der Waals surface area (Å²) in [6.07, 6.45) is 1.08. The van der Waals surface area contributed by atoms with Crippen LogP contribution in [0.4, 0.5) is 0 Å². The van der Waals surface area contributed by atoms with Crippen LogP contribution in [0.2, 0.25) is 0 Å². The van der Waals surface area contributed by atoms with Crippen molar-refractivity contribution >= 4 is 0 Å². The Balaban J connectivity index is 3.47. The lowest BCUT2D eigenvalue weighted by molar-refractivity contribution is -0.871. The highest BCUT2D eigenvalue weighted by atomic mass is 15.3. The van der Waals surface area contributed by atoms with E-state index in [2.05, 4.69) is 28.1 Å². The highest BCUT2D eigenvalue weighted by molar-refractivity contribution is 4.54. The molecule has 0 saturated carbocycles. The first-order valence-corrected chi connectivity index (χ1v) is 3.51. The van der Waals surface area contributed by atoms with Crippen molar-refractivity contribution in [3.05, 3.63) is 0 Å². The van der Waals surface area contributed by atoms with Gasteiger partial charge in [-0.25, -0.2) is 0 Å². The molecule has 1 unspecified atom stereocenters. The van der Waals surface area contributed by atoms with Gasteiger partial charge in [-0.15, -0.1) is 0 Å². The molecule has 0 aliphatic rings. The Morgan fingerprint density at radius 1 is 1.33 bits per heavy atom. The molecule has 0 aliphatic carbocycles. The fourth-order valence-corrected chi connectivity index (χ4v) is 0.833. The van der Waals surface area contributed by atoms with Crippen LogP contribution < -0.4 is 5.73 Å². The van der Waals surface area contributed by atoms with E-state index < -0.39 is 0 Å². The molecule has 2 heteroatoms. The van der Waals surface area contributed by atoms with Gasteiger partial charge >= 0.3 is 0 Å². The summed E-state index contributed by atoms with van der Waals surface area (Å²) in [5, 5.41) is 0. The number of likely N-dealkylation sites (N-methyl/N-ethyl adjacent to an activating group) is 1. The molecular formula is C7H19N2+. The largest absolute Gasteiger partial charge is 0.330 e. The zero-order valence-electron chi connectivity index (χ0n) is 7.02. The van der Waals surface area contributed by atoms with Crippen molar-refractivity contribution in [2.45, 2.75) is 19.4 Å². The molecule has 0 radical (unpaired) electrons. The Morgan fingerprint density at radius 3 is 1.89 bits per heavy atom. The first-order chi connectivity index (χ1) is 3.95. The average molecular weight is 131 g/mol. The molecule has 1 atom stereocenters. The molecule has 0 aromatic heterocycles. The van der Waals surface area contributed by atoms with E-state index in [-0.39, 0.29) is 0 Å². The molecule has 0 aliphatic heterocycles. The van der Waals surface area contributed by atoms with Crippen molar-refractivity contribution in [1.29, 1.82) is 0 Å². The normalized spacial score (nSPS) is 15.7. The summed E-state index contributed by atoms with van der Waals surface area (Å²) >= 11 is 0. The number of nitrogens with zero attached hydrogens (tertiary/aromatic N) is 1. The lowest BCUT2D eigenvalue weighted by Crippen LogP contribution is -2.44. The Labute approximate surface area is 58.2 Å². The molecule has 0 fully saturated rings. The van der Waals surface area contributed by atoms with Gasteiger partial charge in [0.05, 0.1) is 33.7 Å². The molecule has 2 N–H and O–H groups in total. The predicted octanol–water partition coefficient (Wildman–Crippen LogP) is 0.430. The molecule has 2 nitrogen and oxygen atoms in total. The van der Waals surface area contributed by atoms with Crippen LogP contribution in [-0.2, 0) is 0 Å². The van der Waals surface area contributed by atoms with E-state index in [4.69, 9.17) is 5.73 Å². The van der Waals surface area contributed by atoms with Gasteiger partial charge in [-0.1, -0.05) is 6.92 Å². The maximum Gasteiger partial charge on any atom is 0.0934 e. The van der Waals surface area contributed by atoms with Gasteiger partial charge in [-0.2, -0.15) is 0 Å². The van der Waals surface area contributed by atoms with Gasteiger partial charge in [0.2, 0.25) is 0 Å². The van der Waals surface area contributed by atoms with E-state index in [0.717, 1.165) is 17.4 Å². The smallest absolute Gasteiger partial charge is 0.0934 e. The second-order valence-corrected chi connectivity index (χ2v) is 3.64. The van der Waals surface area contributed by atoms with Crippen LogP contribution in [0, 0.1) is 0 Å². The molecule has 0 aromatic carbocycles. The van der Waals surface area contributed by atoms with Gasteiger partial charge in [0, 0.05) is 0 Å². The van der Waals surface area contributed by atoms with E-state index >= 15 is 0 Å². The zero-order valence-corrected chi connectivity index (χ0v) is 7.02. The van der Waals surface area contributed by atoms with Gasteiger partial charge in [0.1, 0.15) is 0 Å². The van der Waals surface area contributed by atoms with Crippen molar-refractivity contribution < 1.29 is 4.48 Å². The summed E-state index contributed by atoms with van der Waals surface area (Å²) in [5.41, 5.74) is 5.74. The van der Waals surface area contributed by atoms with Gasteiger partial charge in [-0.3, -0.25) is 0 Å². The third kappa shape index (κ3) is 5.80. The van der Waals surface area contributed by atoms with Crippen LogP contribution in [0.5, 0.6) is 0 Å². The predicted molar refractivity (Wildman–Crippen MR) is 41.2 cm³/mol. The molecule has 9 heavy (non-hydrogen) atoms. The second-order valence-electron chi connectivity index (χ2n) is 3.64. The van der Waals surface area contributed by atoms with Gasteiger partial charge < -0.3 is 10.2 Å². The van der Waals surface area contributed by atoms with Crippen molar-refractivity contribution in [2.24, 2.45) is 5.73 Å². The highest BCUT2D eigenvalue weighted by Crippen LogP contribution is 1.94. The number of hydrogen-bond acceptors (Lipinski definition) is 1. The van der Waals surface area contributed by atoms with Gasteiger partial charge in [0.25, 0.3) is 0 Å². The number of rotatable bonds is 3. The quantitative estimate of drug-likeness (QED) is 0.552. The topological polar surface area (TPSA) is 26.0 Å². The zero-order chi connectivity index (χ0) is 7.49. The highest BCUT2D eigenvalue weighted by Gasteiger charge is 2.11. The molecule has 0 bridgehead atoms. The first-order valence-electron chi connectivity index (χ1n) is 3.51. The lowest BCUT2D eigenvalue weighted by atomic mass is 10.2. The molecule has 56 valence electrons.